The summed E-state index contributed by atoms with van der Waals surface area (Å²) in [5.74, 6) is 1.34. The summed E-state index contributed by atoms with van der Waals surface area (Å²) in [6.45, 7) is 10.8. The summed E-state index contributed by atoms with van der Waals surface area (Å²) in [6.07, 6.45) is 2.42. The van der Waals surface area contributed by atoms with E-state index >= 15 is 0 Å². The van der Waals surface area contributed by atoms with Crippen LogP contribution >= 0.6 is 11.3 Å². The molecule has 7 nitrogen and oxygen atoms in total. The second kappa shape index (κ2) is 10.0. The van der Waals surface area contributed by atoms with E-state index in [2.05, 4.69) is 27.9 Å². The van der Waals surface area contributed by atoms with Crippen LogP contribution in [0.1, 0.15) is 56.2 Å². The van der Waals surface area contributed by atoms with Crippen LogP contribution in [0.15, 0.2) is 34.8 Å². The largest absolute Gasteiger partial charge is 0.493 e. The maximum absolute atomic E-state index is 14.0. The van der Waals surface area contributed by atoms with E-state index in [9.17, 15) is 4.79 Å². The van der Waals surface area contributed by atoms with Crippen LogP contribution in [-0.4, -0.2) is 54.5 Å². The summed E-state index contributed by atoms with van der Waals surface area (Å²) in [5, 5.41) is 6.16. The smallest absolute Gasteiger partial charge is 0.271 e. The molecule has 0 bridgehead atoms. The number of methoxy groups -OCH3 is 1. The van der Waals surface area contributed by atoms with Crippen LogP contribution in [0.4, 0.5) is 0 Å². The van der Waals surface area contributed by atoms with Gasteiger partial charge in [0.05, 0.1) is 25.1 Å². The zero-order valence-corrected chi connectivity index (χ0v) is 23.2. The maximum Gasteiger partial charge on any atom is 0.271 e. The van der Waals surface area contributed by atoms with E-state index in [1.807, 2.05) is 53.1 Å². The lowest BCUT2D eigenvalue weighted by Crippen LogP contribution is -2.43. The number of ether oxygens (including phenoxy) is 2. The highest BCUT2D eigenvalue weighted by molar-refractivity contribution is 7.13. The number of carbonyl (C=O) groups is 1. The molecule has 0 unspecified atom stereocenters. The number of nitrogens with zero attached hydrogens (tertiary/aromatic N) is 3. The van der Waals surface area contributed by atoms with E-state index in [1.165, 1.54) is 7.11 Å². The summed E-state index contributed by atoms with van der Waals surface area (Å²) in [5.41, 5.74) is 5.16. The average Bonchev–Trinajstić information content (AvgIpc) is 3.46. The molecule has 2 aromatic heterocycles. The Labute approximate surface area is 217 Å². The third kappa shape index (κ3) is 4.62. The topological polar surface area (TPSA) is 65.3 Å². The van der Waals surface area contributed by atoms with Crippen LogP contribution in [0.3, 0.4) is 0 Å². The second-order valence-corrected chi connectivity index (χ2v) is 11.1. The van der Waals surface area contributed by atoms with Gasteiger partial charge < -0.3 is 23.8 Å². The molecule has 0 saturated heterocycles. The van der Waals surface area contributed by atoms with Crippen molar-refractivity contribution in [3.8, 4) is 33.2 Å². The molecule has 0 spiro atoms. The fraction of sp³-hybridized carbons (Fsp3) is 0.429. The zero-order chi connectivity index (χ0) is 26.2. The Morgan fingerprint density at radius 3 is 2.56 bits per heavy atom. The summed E-state index contributed by atoms with van der Waals surface area (Å²) < 4.78 is 13.9. The predicted octanol–water partition coefficient (Wildman–Crippen LogP) is 6.09. The molecule has 4 rings (SSSR count). The van der Waals surface area contributed by atoms with Gasteiger partial charge in [-0.25, -0.2) is 0 Å². The first-order valence-corrected chi connectivity index (χ1v) is 13.0. The Hall–Kier alpha value is -3.26. The number of aryl methyl sites for hydroxylation is 1. The molecule has 0 N–H and O–H groups in total. The van der Waals surface area contributed by atoms with Crippen molar-refractivity contribution in [2.24, 2.45) is 5.16 Å². The van der Waals surface area contributed by atoms with Crippen molar-refractivity contribution < 1.29 is 19.1 Å². The van der Waals surface area contributed by atoms with E-state index in [0.717, 1.165) is 39.2 Å². The van der Waals surface area contributed by atoms with Crippen molar-refractivity contribution >= 4 is 23.5 Å². The molecule has 0 aliphatic carbocycles. The van der Waals surface area contributed by atoms with Gasteiger partial charge in [-0.3, -0.25) is 4.79 Å². The van der Waals surface area contributed by atoms with Crippen LogP contribution in [-0.2, 0) is 17.8 Å². The lowest BCUT2D eigenvalue weighted by Gasteiger charge is -2.33. The number of carbonyl (C=O) groups excluding carboxylic acids is 1. The van der Waals surface area contributed by atoms with Gasteiger partial charge in [0.25, 0.3) is 5.91 Å². The number of rotatable bonds is 7. The fourth-order valence-corrected chi connectivity index (χ4v) is 5.29. The lowest BCUT2D eigenvalue weighted by atomic mass is 9.94. The second-order valence-electron chi connectivity index (χ2n) is 10.1. The molecule has 36 heavy (non-hydrogen) atoms. The van der Waals surface area contributed by atoms with Gasteiger partial charge >= 0.3 is 0 Å². The standard InChI is InChI=1S/C28H35N3O4S/c1-17(2)35-22-15-19-18(14-21(22)33-7)11-12-31-25(19)24(23-10-9-13-36-23)20(16-29-34-8)26(31)27(32)30(6)28(3,4)5/h9-10,13-17H,11-12H2,1-8H3/b29-16+. The van der Waals surface area contributed by atoms with Crippen molar-refractivity contribution in [2.75, 3.05) is 21.3 Å². The molecule has 0 fully saturated rings. The predicted molar refractivity (Wildman–Crippen MR) is 146 cm³/mol. The summed E-state index contributed by atoms with van der Waals surface area (Å²) >= 11 is 1.64. The molecule has 3 aromatic rings. The normalized spacial score (nSPS) is 13.0. The molecule has 1 aliphatic rings. The van der Waals surface area contributed by atoms with Crippen LogP contribution in [0.25, 0.3) is 21.7 Å². The van der Waals surface area contributed by atoms with E-state index in [0.29, 0.717) is 23.7 Å². The quantitative estimate of drug-likeness (QED) is 0.286. The average molecular weight is 510 g/mol. The van der Waals surface area contributed by atoms with Crippen molar-refractivity contribution in [2.45, 2.75) is 59.2 Å². The Kier molecular flexibility index (Phi) is 7.18. The Bertz CT molecular complexity index is 1280. The van der Waals surface area contributed by atoms with Crippen LogP contribution < -0.4 is 9.47 Å². The molecular formula is C28H35N3O4S. The van der Waals surface area contributed by atoms with Gasteiger partial charge in [0.2, 0.25) is 0 Å². The number of aromatic nitrogens is 1. The molecule has 0 saturated carbocycles. The van der Waals surface area contributed by atoms with E-state index in [1.54, 1.807) is 29.6 Å². The van der Waals surface area contributed by atoms with E-state index in [4.69, 9.17) is 14.3 Å². The van der Waals surface area contributed by atoms with E-state index < -0.39 is 0 Å². The number of benzene rings is 1. The Morgan fingerprint density at radius 1 is 1.22 bits per heavy atom. The first-order valence-electron chi connectivity index (χ1n) is 12.1. The highest BCUT2D eigenvalue weighted by Gasteiger charge is 2.35. The van der Waals surface area contributed by atoms with Gasteiger partial charge in [0, 0.05) is 40.7 Å². The molecule has 3 heterocycles. The Balaban J connectivity index is 2.07. The van der Waals surface area contributed by atoms with Gasteiger partial charge in [0.15, 0.2) is 11.5 Å². The molecule has 1 amide bonds. The highest BCUT2D eigenvalue weighted by atomic mass is 32.1. The number of thiophene rings is 1. The lowest BCUT2D eigenvalue weighted by molar-refractivity contribution is 0.0644. The fourth-order valence-electron chi connectivity index (χ4n) is 4.50. The third-order valence-electron chi connectivity index (χ3n) is 6.48. The first-order chi connectivity index (χ1) is 17.1. The minimum Gasteiger partial charge on any atom is -0.493 e. The van der Waals surface area contributed by atoms with Crippen molar-refractivity contribution in [1.29, 1.82) is 0 Å². The molecular weight excluding hydrogens is 474 g/mol. The van der Waals surface area contributed by atoms with E-state index in [-0.39, 0.29) is 17.6 Å². The van der Waals surface area contributed by atoms with Crippen LogP contribution in [0.2, 0.25) is 0 Å². The summed E-state index contributed by atoms with van der Waals surface area (Å²) in [4.78, 5) is 21.9. The third-order valence-corrected chi connectivity index (χ3v) is 7.37. The molecule has 8 heteroatoms. The summed E-state index contributed by atoms with van der Waals surface area (Å²) in [7, 11) is 5.02. The highest BCUT2D eigenvalue weighted by Crippen LogP contribution is 2.47. The SMILES string of the molecule is CO/N=C/c1c(-c2cccs2)c2n(c1C(=O)N(C)C(C)(C)C)CCc1cc(OC)c(OC(C)C)cc1-2. The van der Waals surface area contributed by atoms with Crippen molar-refractivity contribution in [3.05, 3.63) is 46.5 Å². The molecule has 1 aliphatic heterocycles. The van der Waals surface area contributed by atoms with Crippen LogP contribution in [0, 0.1) is 0 Å². The summed E-state index contributed by atoms with van der Waals surface area (Å²) in [6, 6.07) is 8.22. The van der Waals surface area contributed by atoms with Gasteiger partial charge in [-0.1, -0.05) is 11.2 Å². The number of amides is 1. The zero-order valence-electron chi connectivity index (χ0n) is 22.3. The number of hydrogen-bond acceptors (Lipinski definition) is 6. The minimum absolute atomic E-state index is 0.00827. The first kappa shape index (κ1) is 25.8. The van der Waals surface area contributed by atoms with Gasteiger partial charge in [-0.05, 0) is 70.2 Å². The van der Waals surface area contributed by atoms with Gasteiger partial charge in [0.1, 0.15) is 12.8 Å². The maximum atomic E-state index is 14.0. The Morgan fingerprint density at radius 2 is 1.97 bits per heavy atom. The number of fused-ring (bicyclic) bond motifs is 3. The molecule has 0 radical (unpaired) electrons. The van der Waals surface area contributed by atoms with Crippen molar-refractivity contribution in [3.63, 3.8) is 0 Å². The van der Waals surface area contributed by atoms with Crippen LogP contribution in [0.5, 0.6) is 11.5 Å². The molecule has 192 valence electrons. The minimum atomic E-state index is -0.348. The molecule has 1 aromatic carbocycles. The number of hydrogen-bond donors (Lipinski definition) is 0. The monoisotopic (exact) mass is 509 g/mol. The van der Waals surface area contributed by atoms with Gasteiger partial charge in [-0.15, -0.1) is 11.3 Å². The molecule has 0 atom stereocenters. The van der Waals surface area contributed by atoms with Crippen molar-refractivity contribution in [1.82, 2.24) is 9.47 Å². The number of oxime groups is 1. The van der Waals surface area contributed by atoms with Gasteiger partial charge in [-0.2, -0.15) is 0 Å².